The van der Waals surface area contributed by atoms with Gasteiger partial charge in [-0.3, -0.25) is 19.4 Å². The number of hydrogen-bond acceptors (Lipinski definition) is 10. The summed E-state index contributed by atoms with van der Waals surface area (Å²) in [7, 11) is 3.06. The molecule has 12 heteroatoms. The predicted octanol–water partition coefficient (Wildman–Crippen LogP) is 5.40. The second-order valence-corrected chi connectivity index (χ2v) is 11.8. The monoisotopic (exact) mass is 653 g/mol. The molecule has 250 valence electrons. The van der Waals surface area contributed by atoms with Gasteiger partial charge < -0.3 is 29.0 Å². The number of hydrogen-bond donors (Lipinski definition) is 1. The van der Waals surface area contributed by atoms with Gasteiger partial charge >= 0.3 is 6.09 Å². The highest BCUT2D eigenvalue weighted by molar-refractivity contribution is 6.24. The Morgan fingerprint density at radius 1 is 0.896 bits per heavy atom. The van der Waals surface area contributed by atoms with E-state index in [4.69, 9.17) is 18.7 Å². The Hall–Kier alpha value is -5.36. The van der Waals surface area contributed by atoms with E-state index in [-0.39, 0.29) is 30.7 Å². The van der Waals surface area contributed by atoms with E-state index in [0.717, 1.165) is 18.8 Å². The largest absolute Gasteiger partial charge is 0.493 e. The van der Waals surface area contributed by atoms with Gasteiger partial charge in [-0.25, -0.2) is 4.79 Å². The molecule has 1 saturated heterocycles. The number of aromatic nitrogens is 1. The third kappa shape index (κ3) is 6.43. The molecule has 0 radical (unpaired) electrons. The van der Waals surface area contributed by atoms with Crippen molar-refractivity contribution in [3.63, 3.8) is 0 Å². The maximum atomic E-state index is 14.3. The first-order valence-corrected chi connectivity index (χ1v) is 15.9. The van der Waals surface area contributed by atoms with Crippen LogP contribution in [0.25, 0.3) is 0 Å². The molecule has 3 aromatic carbocycles. The van der Waals surface area contributed by atoms with Crippen molar-refractivity contribution in [2.24, 2.45) is 0 Å². The van der Waals surface area contributed by atoms with Gasteiger partial charge in [-0.05, 0) is 48.7 Å². The Balaban J connectivity index is 1.23. The lowest BCUT2D eigenvalue weighted by Crippen LogP contribution is -2.47. The van der Waals surface area contributed by atoms with Crippen LogP contribution in [0.1, 0.15) is 63.0 Å². The van der Waals surface area contributed by atoms with Crippen molar-refractivity contribution in [2.75, 3.05) is 51.8 Å². The molecule has 48 heavy (non-hydrogen) atoms. The average molecular weight is 654 g/mol. The number of piperazine rings is 1. The predicted molar refractivity (Wildman–Crippen MR) is 178 cm³/mol. The number of nitrogens with zero attached hydrogens (tertiary/aromatic N) is 4. The summed E-state index contributed by atoms with van der Waals surface area (Å²) in [6.07, 6.45) is 0.809. The number of aryl methyl sites for hydroxylation is 1. The van der Waals surface area contributed by atoms with Gasteiger partial charge in [0.2, 0.25) is 0 Å². The van der Waals surface area contributed by atoms with Crippen LogP contribution in [0.2, 0.25) is 0 Å². The summed E-state index contributed by atoms with van der Waals surface area (Å²) >= 11 is 0. The average Bonchev–Trinajstić information content (AvgIpc) is 3.64. The van der Waals surface area contributed by atoms with E-state index in [9.17, 15) is 14.4 Å². The van der Waals surface area contributed by atoms with E-state index in [0.29, 0.717) is 47.0 Å². The summed E-state index contributed by atoms with van der Waals surface area (Å²) in [6.45, 7) is 7.00. The Kier molecular flexibility index (Phi) is 9.62. The summed E-state index contributed by atoms with van der Waals surface area (Å²) in [5.74, 6) is 0.754. The first-order valence-electron chi connectivity index (χ1n) is 15.9. The summed E-state index contributed by atoms with van der Waals surface area (Å²) in [4.78, 5) is 46.9. The number of rotatable bonds is 11. The molecular weight excluding hydrogens is 614 g/mol. The lowest BCUT2D eigenvalue weighted by molar-refractivity contribution is 0.0574. The van der Waals surface area contributed by atoms with Crippen molar-refractivity contribution in [1.82, 2.24) is 20.3 Å². The van der Waals surface area contributed by atoms with E-state index >= 15 is 0 Å². The molecule has 2 atom stereocenters. The Morgan fingerprint density at radius 3 is 2.33 bits per heavy atom. The fraction of sp³-hybridized carbons (Fsp3) is 0.333. The van der Waals surface area contributed by atoms with Crippen molar-refractivity contribution >= 4 is 23.6 Å². The first kappa shape index (κ1) is 32.6. The molecule has 2 aliphatic heterocycles. The van der Waals surface area contributed by atoms with Crippen LogP contribution in [0.5, 0.6) is 17.2 Å². The molecule has 1 aromatic heterocycles. The molecule has 3 heterocycles. The van der Waals surface area contributed by atoms with Gasteiger partial charge in [-0.1, -0.05) is 47.6 Å². The number of fused-ring (bicyclic) bond motifs is 1. The Bertz CT molecular complexity index is 1780. The molecule has 2 aliphatic rings. The van der Waals surface area contributed by atoms with Crippen LogP contribution in [0.4, 0.5) is 10.5 Å². The number of anilines is 1. The summed E-state index contributed by atoms with van der Waals surface area (Å²) in [5, 5.41) is 6.33. The second kappa shape index (κ2) is 14.2. The zero-order chi connectivity index (χ0) is 33.8. The molecule has 1 N–H and O–H groups in total. The first-order chi connectivity index (χ1) is 23.3. The molecule has 3 amide bonds. The van der Waals surface area contributed by atoms with Crippen LogP contribution in [-0.4, -0.2) is 79.8 Å². The van der Waals surface area contributed by atoms with E-state index < -0.39 is 18.0 Å². The maximum Gasteiger partial charge on any atom is 0.412 e. The van der Waals surface area contributed by atoms with E-state index in [1.165, 1.54) is 30.9 Å². The van der Waals surface area contributed by atoms with Crippen LogP contribution >= 0.6 is 0 Å². The summed E-state index contributed by atoms with van der Waals surface area (Å²) < 4.78 is 21.2. The zero-order valence-corrected chi connectivity index (χ0v) is 27.5. The van der Waals surface area contributed by atoms with Crippen LogP contribution < -0.4 is 24.4 Å². The van der Waals surface area contributed by atoms with Crippen LogP contribution in [0.15, 0.2) is 77.4 Å². The molecule has 1 fully saturated rings. The molecule has 0 spiro atoms. The normalized spacial score (nSPS) is 16.0. The zero-order valence-electron chi connectivity index (χ0n) is 27.5. The van der Waals surface area contributed by atoms with Crippen molar-refractivity contribution in [3.05, 3.63) is 101 Å². The number of carbonyl (C=O) groups excluding carboxylic acids is 3. The number of benzene rings is 3. The standard InChI is InChI=1S/C36H39N5O7/c1-23(25-9-6-5-7-10-25)39-17-19-40(20-18-39)29-12-8-11-27-33(29)35(43)41(34(27)42)28(26-13-14-30(45-3)31(21-26)46-4)15-16-37-36(44)47-32-22-38-48-24(32)2/h5-14,21-23,28H,15-20H2,1-4H3,(H,37,44)/t23-,28-/m1/s1. The number of nitrogens with one attached hydrogen (secondary N) is 1. The molecule has 4 aromatic rings. The lowest BCUT2D eigenvalue weighted by atomic mass is 10.0. The van der Waals surface area contributed by atoms with Gasteiger partial charge in [0.1, 0.15) is 6.20 Å². The van der Waals surface area contributed by atoms with E-state index in [2.05, 4.69) is 51.5 Å². The number of imide groups is 1. The Morgan fingerprint density at radius 2 is 1.65 bits per heavy atom. The van der Waals surface area contributed by atoms with Crippen LogP contribution in [-0.2, 0) is 0 Å². The van der Waals surface area contributed by atoms with E-state index in [1.54, 1.807) is 31.2 Å². The van der Waals surface area contributed by atoms with E-state index in [1.807, 2.05) is 18.2 Å². The highest BCUT2D eigenvalue weighted by Gasteiger charge is 2.43. The molecule has 6 rings (SSSR count). The summed E-state index contributed by atoms with van der Waals surface area (Å²) in [5.41, 5.74) is 3.42. The molecular formula is C36H39N5O7. The smallest absolute Gasteiger partial charge is 0.412 e. The third-order valence-corrected chi connectivity index (χ3v) is 9.11. The van der Waals surface area contributed by atoms with Gasteiger partial charge in [-0.15, -0.1) is 0 Å². The minimum absolute atomic E-state index is 0.101. The highest BCUT2D eigenvalue weighted by atomic mass is 16.6. The Labute approximate surface area is 279 Å². The van der Waals surface area contributed by atoms with Gasteiger partial charge in [0.05, 0.1) is 37.1 Å². The third-order valence-electron chi connectivity index (χ3n) is 9.11. The van der Waals surface area contributed by atoms with Crippen molar-refractivity contribution in [3.8, 4) is 17.2 Å². The maximum absolute atomic E-state index is 14.3. The quantitative estimate of drug-likeness (QED) is 0.210. The molecule has 12 nitrogen and oxygen atoms in total. The van der Waals surface area contributed by atoms with Crippen molar-refractivity contribution in [1.29, 1.82) is 0 Å². The highest BCUT2D eigenvalue weighted by Crippen LogP contribution is 2.40. The second-order valence-electron chi connectivity index (χ2n) is 11.8. The SMILES string of the molecule is COc1ccc([C@@H](CCNC(=O)Oc2cnoc2C)N2C(=O)c3cccc(N4CCN([C@H](C)c5ccccc5)CC4)c3C2=O)cc1OC. The minimum Gasteiger partial charge on any atom is -0.493 e. The topological polar surface area (TPSA) is 127 Å². The van der Waals surface area contributed by atoms with Crippen LogP contribution in [0, 0.1) is 6.92 Å². The van der Waals surface area contributed by atoms with Crippen molar-refractivity contribution < 1.29 is 33.1 Å². The number of carbonyl (C=O) groups is 3. The van der Waals surface area contributed by atoms with Crippen molar-refractivity contribution in [2.45, 2.75) is 32.4 Å². The summed E-state index contributed by atoms with van der Waals surface area (Å²) in [6, 6.07) is 20.7. The molecule has 0 saturated carbocycles. The number of ether oxygens (including phenoxy) is 3. The van der Waals surface area contributed by atoms with Gasteiger partial charge in [0.15, 0.2) is 23.0 Å². The van der Waals surface area contributed by atoms with Gasteiger partial charge in [0, 0.05) is 45.7 Å². The fourth-order valence-corrected chi connectivity index (χ4v) is 6.46. The number of methoxy groups -OCH3 is 2. The minimum atomic E-state index is -0.730. The molecule has 0 unspecified atom stereocenters. The molecule has 0 bridgehead atoms. The van der Waals surface area contributed by atoms with Crippen LogP contribution in [0.3, 0.4) is 0 Å². The number of amides is 3. The lowest BCUT2D eigenvalue weighted by Gasteiger charge is -2.39. The fourth-order valence-electron chi connectivity index (χ4n) is 6.46. The molecule has 0 aliphatic carbocycles. The van der Waals surface area contributed by atoms with Gasteiger partial charge in [-0.2, -0.15) is 0 Å². The van der Waals surface area contributed by atoms with Gasteiger partial charge in [0.25, 0.3) is 11.8 Å².